The maximum Gasteiger partial charge on any atom is 0.331 e. The molecule has 0 aromatic heterocycles. The zero-order chi connectivity index (χ0) is 18.4. The van der Waals surface area contributed by atoms with Gasteiger partial charge in [0.2, 0.25) is 0 Å². The highest BCUT2D eigenvalue weighted by Crippen LogP contribution is 2.22. The zero-order valence-corrected chi connectivity index (χ0v) is 15.4. The van der Waals surface area contributed by atoms with Crippen LogP contribution >= 0.6 is 0 Å². The average Bonchev–Trinajstić information content (AvgIpc) is 2.54. The van der Waals surface area contributed by atoms with Crippen LogP contribution in [0.5, 0.6) is 5.75 Å². The molecule has 0 aliphatic carbocycles. The Morgan fingerprint density at radius 1 is 1.21 bits per heavy atom. The van der Waals surface area contributed by atoms with E-state index in [1.54, 1.807) is 14.0 Å². The molecule has 0 saturated carbocycles. The number of aliphatic hydroxyl groups is 1. The van der Waals surface area contributed by atoms with Crippen molar-refractivity contribution in [2.45, 2.75) is 51.5 Å². The Bertz CT molecular complexity index is 523. The van der Waals surface area contributed by atoms with Crippen LogP contribution < -0.4 is 10.1 Å². The van der Waals surface area contributed by atoms with E-state index in [1.807, 2.05) is 45.0 Å². The fraction of sp³-hybridized carbons (Fsp3) is 0.611. The van der Waals surface area contributed by atoms with Gasteiger partial charge < -0.3 is 19.3 Å². The van der Waals surface area contributed by atoms with Gasteiger partial charge in [-0.15, -0.1) is 0 Å². The molecule has 2 atom stereocenters. The van der Waals surface area contributed by atoms with Crippen molar-refractivity contribution in [3.63, 3.8) is 0 Å². The van der Waals surface area contributed by atoms with Gasteiger partial charge in [0, 0.05) is 6.54 Å². The van der Waals surface area contributed by atoms with Gasteiger partial charge in [0.05, 0.1) is 32.5 Å². The predicted octanol–water partition coefficient (Wildman–Crippen LogP) is 1.89. The number of rotatable bonds is 8. The van der Waals surface area contributed by atoms with Gasteiger partial charge in [-0.3, -0.25) is 5.32 Å². The van der Waals surface area contributed by atoms with Crippen LogP contribution in [0, 0.1) is 0 Å². The number of benzene rings is 1. The number of hydrogen-bond donors (Lipinski definition) is 2. The van der Waals surface area contributed by atoms with E-state index in [-0.39, 0.29) is 0 Å². The number of carbonyl (C=O) groups excluding carboxylic acids is 1. The van der Waals surface area contributed by atoms with Gasteiger partial charge in [0.15, 0.2) is 5.54 Å². The van der Waals surface area contributed by atoms with Crippen LogP contribution in [-0.2, 0) is 20.8 Å². The van der Waals surface area contributed by atoms with Crippen molar-refractivity contribution in [1.82, 2.24) is 5.32 Å². The van der Waals surface area contributed by atoms with Crippen molar-refractivity contribution in [3.05, 3.63) is 29.8 Å². The number of esters is 1. The van der Waals surface area contributed by atoms with Gasteiger partial charge in [0.1, 0.15) is 5.75 Å². The van der Waals surface area contributed by atoms with Crippen LogP contribution in [-0.4, -0.2) is 49.1 Å². The fourth-order valence-corrected chi connectivity index (χ4v) is 2.45. The lowest BCUT2D eigenvalue weighted by molar-refractivity contribution is -0.166. The van der Waals surface area contributed by atoms with Gasteiger partial charge in [-0.05, 0) is 45.4 Å². The molecule has 0 radical (unpaired) electrons. The molecule has 1 rings (SSSR count). The molecule has 0 aliphatic rings. The topological polar surface area (TPSA) is 77.0 Å². The monoisotopic (exact) mass is 339 g/mol. The first-order valence-corrected chi connectivity index (χ1v) is 7.93. The summed E-state index contributed by atoms with van der Waals surface area (Å²) < 4.78 is 15.9. The summed E-state index contributed by atoms with van der Waals surface area (Å²) in [5.74, 6) is 0.194. The van der Waals surface area contributed by atoms with Gasteiger partial charge in [-0.2, -0.15) is 0 Å². The molecule has 6 heteroatoms. The van der Waals surface area contributed by atoms with E-state index in [9.17, 15) is 9.90 Å². The van der Waals surface area contributed by atoms with E-state index in [2.05, 4.69) is 5.32 Å². The third-order valence-corrected chi connectivity index (χ3v) is 3.79. The van der Waals surface area contributed by atoms with E-state index >= 15 is 0 Å². The van der Waals surface area contributed by atoms with Gasteiger partial charge in [-0.1, -0.05) is 12.1 Å². The van der Waals surface area contributed by atoms with Crippen LogP contribution in [0.4, 0.5) is 0 Å². The molecule has 0 spiro atoms. The molecule has 0 saturated heterocycles. The van der Waals surface area contributed by atoms with Crippen molar-refractivity contribution in [1.29, 1.82) is 0 Å². The molecular formula is C18H29NO5. The molecule has 0 aliphatic heterocycles. The lowest BCUT2D eigenvalue weighted by Crippen LogP contribution is -2.63. The lowest BCUT2D eigenvalue weighted by atomic mass is 9.92. The van der Waals surface area contributed by atoms with Crippen molar-refractivity contribution in [2.24, 2.45) is 0 Å². The largest absolute Gasteiger partial charge is 0.497 e. The van der Waals surface area contributed by atoms with Crippen molar-refractivity contribution >= 4 is 5.97 Å². The van der Waals surface area contributed by atoms with Crippen molar-refractivity contribution in [2.75, 3.05) is 20.8 Å². The van der Waals surface area contributed by atoms with E-state index in [0.29, 0.717) is 6.54 Å². The Balaban J connectivity index is 2.97. The molecule has 1 aromatic rings. The number of nitrogens with one attached hydrogen (secondary N) is 1. The number of aliphatic hydroxyl groups excluding tert-OH is 1. The standard InChI is InChI=1S/C18H29NO5/c1-13(24-17(2,3)4)18(12-20,16(21)23-6)19-11-14-7-9-15(22-5)10-8-14/h7-10,13,19-20H,11-12H2,1-6H3/t13-,18-/m1/s1. The smallest absolute Gasteiger partial charge is 0.331 e. The highest BCUT2D eigenvalue weighted by molar-refractivity contribution is 5.82. The zero-order valence-electron chi connectivity index (χ0n) is 15.4. The second-order valence-electron chi connectivity index (χ2n) is 6.70. The summed E-state index contributed by atoms with van der Waals surface area (Å²) in [6.45, 7) is 7.37. The molecule has 0 heterocycles. The van der Waals surface area contributed by atoms with Crippen LogP contribution in [0.15, 0.2) is 24.3 Å². The van der Waals surface area contributed by atoms with E-state index in [0.717, 1.165) is 11.3 Å². The van der Waals surface area contributed by atoms with Crippen LogP contribution in [0.2, 0.25) is 0 Å². The molecule has 24 heavy (non-hydrogen) atoms. The van der Waals surface area contributed by atoms with Gasteiger partial charge in [-0.25, -0.2) is 4.79 Å². The SMILES string of the molecule is COC(=O)[C@](CO)(NCc1ccc(OC)cc1)[C@@H](C)OC(C)(C)C. The first-order valence-electron chi connectivity index (χ1n) is 7.93. The number of hydrogen-bond acceptors (Lipinski definition) is 6. The van der Waals surface area contributed by atoms with Crippen molar-refractivity contribution in [3.8, 4) is 5.75 Å². The normalized spacial score (nSPS) is 15.5. The Labute approximate surface area is 144 Å². The third-order valence-electron chi connectivity index (χ3n) is 3.79. The third kappa shape index (κ3) is 5.19. The summed E-state index contributed by atoms with van der Waals surface area (Å²) in [4.78, 5) is 12.4. The molecule has 0 unspecified atom stereocenters. The summed E-state index contributed by atoms with van der Waals surface area (Å²) in [6.07, 6.45) is -0.590. The molecule has 0 fully saturated rings. The van der Waals surface area contributed by atoms with E-state index in [1.165, 1.54) is 7.11 Å². The predicted molar refractivity (Wildman–Crippen MR) is 92.0 cm³/mol. The molecular weight excluding hydrogens is 310 g/mol. The minimum atomic E-state index is -1.35. The molecule has 6 nitrogen and oxygen atoms in total. The second-order valence-corrected chi connectivity index (χ2v) is 6.70. The molecule has 0 amide bonds. The average molecular weight is 339 g/mol. The molecule has 0 bridgehead atoms. The Morgan fingerprint density at radius 3 is 2.21 bits per heavy atom. The first kappa shape index (κ1) is 20.4. The summed E-state index contributed by atoms with van der Waals surface area (Å²) >= 11 is 0. The quantitative estimate of drug-likeness (QED) is 0.705. The van der Waals surface area contributed by atoms with Crippen LogP contribution in [0.3, 0.4) is 0 Å². The number of carbonyl (C=O) groups is 1. The van der Waals surface area contributed by atoms with Crippen LogP contribution in [0.25, 0.3) is 0 Å². The highest BCUT2D eigenvalue weighted by Gasteiger charge is 2.46. The Hall–Kier alpha value is -1.63. The van der Waals surface area contributed by atoms with E-state index < -0.39 is 29.8 Å². The Morgan fingerprint density at radius 2 is 1.79 bits per heavy atom. The highest BCUT2D eigenvalue weighted by atomic mass is 16.5. The summed E-state index contributed by atoms with van der Waals surface area (Å²) in [6, 6.07) is 7.46. The summed E-state index contributed by atoms with van der Waals surface area (Å²) in [5, 5.41) is 13.1. The molecule has 136 valence electrons. The minimum absolute atomic E-state index is 0.373. The Kier molecular flexibility index (Phi) is 7.20. The molecule has 2 N–H and O–H groups in total. The van der Waals surface area contributed by atoms with E-state index in [4.69, 9.17) is 14.2 Å². The second kappa shape index (κ2) is 8.46. The van der Waals surface area contributed by atoms with Crippen molar-refractivity contribution < 1.29 is 24.1 Å². The lowest BCUT2D eigenvalue weighted by Gasteiger charge is -2.38. The first-order chi connectivity index (χ1) is 11.2. The number of ether oxygens (including phenoxy) is 3. The maximum absolute atomic E-state index is 12.4. The summed E-state index contributed by atoms with van der Waals surface area (Å²) in [7, 11) is 2.90. The maximum atomic E-state index is 12.4. The minimum Gasteiger partial charge on any atom is -0.497 e. The summed E-state index contributed by atoms with van der Waals surface area (Å²) in [5.41, 5.74) is -0.863. The van der Waals surface area contributed by atoms with Crippen LogP contribution in [0.1, 0.15) is 33.3 Å². The number of methoxy groups -OCH3 is 2. The fourth-order valence-electron chi connectivity index (χ4n) is 2.45. The van der Waals surface area contributed by atoms with Gasteiger partial charge in [0.25, 0.3) is 0 Å². The molecule has 1 aromatic carbocycles. The van der Waals surface area contributed by atoms with Gasteiger partial charge >= 0.3 is 5.97 Å².